The second kappa shape index (κ2) is 3.56. The highest BCUT2D eigenvalue weighted by Crippen LogP contribution is 2.22. The van der Waals surface area contributed by atoms with E-state index in [-0.39, 0.29) is 5.13 Å². The number of anilines is 1. The summed E-state index contributed by atoms with van der Waals surface area (Å²) in [7, 11) is 0. The van der Waals surface area contributed by atoms with Crippen molar-refractivity contribution < 1.29 is 13.2 Å². The predicted octanol–water partition coefficient (Wildman–Crippen LogP) is 2.27. The molecule has 0 aromatic carbocycles. The Labute approximate surface area is 78.1 Å². The van der Waals surface area contributed by atoms with Crippen molar-refractivity contribution in [3.63, 3.8) is 0 Å². The van der Waals surface area contributed by atoms with Crippen LogP contribution in [0, 0.1) is 0 Å². The second-order valence-corrected chi connectivity index (χ2v) is 4.08. The van der Waals surface area contributed by atoms with Gasteiger partial charge in [0, 0.05) is 0 Å². The Hall–Kier alpha value is -0.370. The molecule has 0 saturated heterocycles. The normalized spacial score (nSPS) is 11.7. The van der Waals surface area contributed by atoms with Gasteiger partial charge in [0.15, 0.2) is 3.92 Å². The minimum Gasteiger partial charge on any atom is -0.351 e. The summed E-state index contributed by atoms with van der Waals surface area (Å²) in [6, 6.07) is 0. The topological polar surface area (TPSA) is 37.8 Å². The van der Waals surface area contributed by atoms with Gasteiger partial charge in [0.25, 0.3) is 0 Å². The third-order valence-corrected chi connectivity index (χ3v) is 2.15. The van der Waals surface area contributed by atoms with Crippen molar-refractivity contribution >= 4 is 32.4 Å². The van der Waals surface area contributed by atoms with Crippen molar-refractivity contribution in [1.82, 2.24) is 10.2 Å². The van der Waals surface area contributed by atoms with Gasteiger partial charge < -0.3 is 5.32 Å². The molecule has 1 heterocycles. The average molecular weight is 262 g/mol. The number of aromatic nitrogens is 2. The first kappa shape index (κ1) is 9.72. The van der Waals surface area contributed by atoms with Crippen molar-refractivity contribution in [2.24, 2.45) is 0 Å². The smallest absolute Gasteiger partial charge is 0.351 e. The van der Waals surface area contributed by atoms with E-state index in [0.717, 1.165) is 11.3 Å². The first-order chi connectivity index (χ1) is 5.47. The van der Waals surface area contributed by atoms with Gasteiger partial charge in [-0.25, -0.2) is 0 Å². The third kappa shape index (κ3) is 3.35. The van der Waals surface area contributed by atoms with Crippen molar-refractivity contribution in [3.05, 3.63) is 3.92 Å². The number of nitrogens with zero attached hydrogens (tertiary/aromatic N) is 2. The fourth-order valence-electron chi connectivity index (χ4n) is 0.453. The lowest BCUT2D eigenvalue weighted by molar-refractivity contribution is -0.115. The maximum Gasteiger partial charge on any atom is 0.405 e. The lowest BCUT2D eigenvalue weighted by atomic mass is 10.6. The maximum atomic E-state index is 11.6. The standard InChI is InChI=1S/C4H3BrF3N3S/c5-2-10-11-3(12-2)9-1-4(6,7)8/h1H2,(H,9,11). The molecule has 0 unspecified atom stereocenters. The predicted molar refractivity (Wildman–Crippen MR) is 42.2 cm³/mol. The Bertz CT molecular complexity index is 260. The monoisotopic (exact) mass is 261 g/mol. The molecule has 0 atom stereocenters. The molecule has 0 bridgehead atoms. The van der Waals surface area contributed by atoms with Crippen LogP contribution in [0.4, 0.5) is 18.3 Å². The Morgan fingerprint density at radius 3 is 2.50 bits per heavy atom. The van der Waals surface area contributed by atoms with Gasteiger partial charge in [0.05, 0.1) is 0 Å². The van der Waals surface area contributed by atoms with Crippen LogP contribution in [0.3, 0.4) is 0 Å². The molecule has 68 valence electrons. The van der Waals surface area contributed by atoms with E-state index >= 15 is 0 Å². The van der Waals surface area contributed by atoms with Crippen LogP contribution < -0.4 is 5.32 Å². The molecule has 1 rings (SSSR count). The molecule has 0 aliphatic carbocycles. The SMILES string of the molecule is FC(F)(F)CNc1nnc(Br)s1. The number of hydrogen-bond donors (Lipinski definition) is 1. The lowest BCUT2D eigenvalue weighted by Gasteiger charge is -2.04. The van der Waals surface area contributed by atoms with E-state index in [0.29, 0.717) is 3.92 Å². The van der Waals surface area contributed by atoms with E-state index in [1.165, 1.54) is 0 Å². The molecular formula is C4H3BrF3N3S. The fourth-order valence-corrected chi connectivity index (χ4v) is 1.46. The third-order valence-electron chi connectivity index (χ3n) is 0.840. The van der Waals surface area contributed by atoms with Gasteiger partial charge in [-0.1, -0.05) is 11.3 Å². The molecule has 3 nitrogen and oxygen atoms in total. The highest BCUT2D eigenvalue weighted by molar-refractivity contribution is 9.11. The van der Waals surface area contributed by atoms with Crippen molar-refractivity contribution in [2.75, 3.05) is 11.9 Å². The summed E-state index contributed by atoms with van der Waals surface area (Å²) < 4.78 is 35.3. The van der Waals surface area contributed by atoms with E-state index in [9.17, 15) is 13.2 Å². The summed E-state index contributed by atoms with van der Waals surface area (Å²) in [6.45, 7) is -1.09. The van der Waals surface area contributed by atoms with Gasteiger partial charge >= 0.3 is 6.18 Å². The Morgan fingerprint density at radius 2 is 2.08 bits per heavy atom. The summed E-state index contributed by atoms with van der Waals surface area (Å²) >= 11 is 3.99. The second-order valence-electron chi connectivity index (χ2n) is 1.83. The molecule has 0 amide bonds. The van der Waals surface area contributed by atoms with Crippen molar-refractivity contribution in [2.45, 2.75) is 6.18 Å². The van der Waals surface area contributed by atoms with Crippen LogP contribution in [-0.2, 0) is 0 Å². The van der Waals surface area contributed by atoms with Gasteiger partial charge in [-0.05, 0) is 15.9 Å². The van der Waals surface area contributed by atoms with Crippen molar-refractivity contribution in [3.8, 4) is 0 Å². The summed E-state index contributed by atoms with van der Waals surface area (Å²) in [5, 5.41) is 9.15. The molecule has 12 heavy (non-hydrogen) atoms. The van der Waals surface area contributed by atoms with Crippen LogP contribution in [0.2, 0.25) is 0 Å². The van der Waals surface area contributed by atoms with Crippen LogP contribution in [0.5, 0.6) is 0 Å². The number of nitrogens with one attached hydrogen (secondary N) is 1. The molecule has 8 heteroatoms. The van der Waals surface area contributed by atoms with Crippen LogP contribution >= 0.6 is 27.3 Å². The number of halogens is 4. The van der Waals surface area contributed by atoms with E-state index < -0.39 is 12.7 Å². The first-order valence-electron chi connectivity index (χ1n) is 2.77. The zero-order valence-corrected chi connectivity index (χ0v) is 7.92. The largest absolute Gasteiger partial charge is 0.405 e. The first-order valence-corrected chi connectivity index (χ1v) is 4.38. The average Bonchev–Trinajstić information content (AvgIpc) is 2.30. The van der Waals surface area contributed by atoms with Gasteiger partial charge in [0.2, 0.25) is 5.13 Å². The molecule has 0 spiro atoms. The minimum absolute atomic E-state index is 0.152. The van der Waals surface area contributed by atoms with Gasteiger partial charge in [-0.3, -0.25) is 0 Å². The van der Waals surface area contributed by atoms with Gasteiger partial charge in [0.1, 0.15) is 6.54 Å². The summed E-state index contributed by atoms with van der Waals surface area (Å²) in [6.07, 6.45) is -4.22. The summed E-state index contributed by atoms with van der Waals surface area (Å²) in [5.41, 5.74) is 0. The molecule has 0 radical (unpaired) electrons. The zero-order valence-electron chi connectivity index (χ0n) is 5.52. The van der Waals surface area contributed by atoms with E-state index in [2.05, 4.69) is 31.4 Å². The van der Waals surface area contributed by atoms with E-state index in [4.69, 9.17) is 0 Å². The number of hydrogen-bond acceptors (Lipinski definition) is 4. The molecular weight excluding hydrogens is 259 g/mol. The Balaban J connectivity index is 2.44. The number of alkyl halides is 3. The molecule has 0 aliphatic rings. The summed E-state index contributed by atoms with van der Waals surface area (Å²) in [5.74, 6) is 0. The van der Waals surface area contributed by atoms with Crippen molar-refractivity contribution in [1.29, 1.82) is 0 Å². The van der Waals surface area contributed by atoms with Gasteiger partial charge in [-0.2, -0.15) is 13.2 Å². The highest BCUT2D eigenvalue weighted by atomic mass is 79.9. The minimum atomic E-state index is -4.22. The molecule has 1 N–H and O–H groups in total. The van der Waals surface area contributed by atoms with E-state index in [1.54, 1.807) is 0 Å². The van der Waals surface area contributed by atoms with E-state index in [1.807, 2.05) is 0 Å². The van der Waals surface area contributed by atoms with Crippen LogP contribution in [0.25, 0.3) is 0 Å². The Kier molecular flexibility index (Phi) is 2.89. The lowest BCUT2D eigenvalue weighted by Crippen LogP contribution is -2.21. The van der Waals surface area contributed by atoms with Crippen LogP contribution in [-0.4, -0.2) is 22.9 Å². The quantitative estimate of drug-likeness (QED) is 0.888. The van der Waals surface area contributed by atoms with Crippen LogP contribution in [0.1, 0.15) is 0 Å². The molecule has 0 fully saturated rings. The van der Waals surface area contributed by atoms with Crippen LogP contribution in [0.15, 0.2) is 3.92 Å². The zero-order chi connectivity index (χ0) is 9.19. The number of rotatable bonds is 2. The molecule has 0 saturated carbocycles. The van der Waals surface area contributed by atoms with Gasteiger partial charge in [-0.15, -0.1) is 10.2 Å². The summed E-state index contributed by atoms with van der Waals surface area (Å²) in [4.78, 5) is 0. The molecule has 1 aromatic rings. The molecule has 0 aliphatic heterocycles. The maximum absolute atomic E-state index is 11.6. The molecule has 1 aromatic heterocycles. The Morgan fingerprint density at radius 1 is 1.42 bits per heavy atom. The fraction of sp³-hybridized carbons (Fsp3) is 0.500. The highest BCUT2D eigenvalue weighted by Gasteiger charge is 2.27.